The molecule has 1 saturated carbocycles. The number of aliphatic hydroxyl groups is 1. The van der Waals surface area contributed by atoms with E-state index in [-0.39, 0.29) is 24.5 Å². The zero-order valence-electron chi connectivity index (χ0n) is 19.7. The fourth-order valence-electron chi connectivity index (χ4n) is 7.22. The van der Waals surface area contributed by atoms with Gasteiger partial charge in [-0.3, -0.25) is 4.79 Å². The molecule has 0 bridgehead atoms. The highest BCUT2D eigenvalue weighted by Crippen LogP contribution is 2.65. The van der Waals surface area contributed by atoms with E-state index in [0.717, 1.165) is 22.4 Å². The fraction of sp³-hybridized carbons (Fsp3) is 0.680. The van der Waals surface area contributed by atoms with Gasteiger partial charge in [0.15, 0.2) is 0 Å². The summed E-state index contributed by atoms with van der Waals surface area (Å²) in [5.41, 5.74) is -0.182. The molecule has 0 amide bonds. The van der Waals surface area contributed by atoms with E-state index in [1.54, 1.807) is 21.0 Å². The third kappa shape index (κ3) is 2.46. The number of carbonyl (C=O) groups excluding carboxylic acids is 2. The van der Waals surface area contributed by atoms with Crippen molar-refractivity contribution in [3.05, 3.63) is 22.3 Å². The largest absolute Gasteiger partial charge is 0.495 e. The first-order chi connectivity index (χ1) is 14.9. The van der Waals surface area contributed by atoms with Gasteiger partial charge in [-0.15, -0.1) is 0 Å². The average molecular weight is 445 g/mol. The van der Waals surface area contributed by atoms with Crippen LogP contribution in [0.3, 0.4) is 0 Å². The molecule has 1 aromatic rings. The zero-order valence-corrected chi connectivity index (χ0v) is 19.7. The second-order valence-corrected chi connectivity index (χ2v) is 10.8. The number of ether oxygens (including phenoxy) is 4. The lowest BCUT2D eigenvalue weighted by atomic mass is 9.46. The summed E-state index contributed by atoms with van der Waals surface area (Å²) in [5, 5.41) is 11.3. The van der Waals surface area contributed by atoms with Crippen molar-refractivity contribution in [2.45, 2.75) is 90.1 Å². The molecule has 4 atom stereocenters. The number of hydrogen-bond acceptors (Lipinski definition) is 7. The number of hydrogen-bond donors (Lipinski definition) is 1. The predicted molar refractivity (Wildman–Crippen MR) is 115 cm³/mol. The molecule has 3 heterocycles. The van der Waals surface area contributed by atoms with E-state index in [2.05, 4.69) is 13.8 Å². The third-order valence-corrected chi connectivity index (χ3v) is 8.90. The summed E-state index contributed by atoms with van der Waals surface area (Å²) in [6.07, 6.45) is 2.66. The Kier molecular flexibility index (Phi) is 4.31. The molecule has 3 aliphatic heterocycles. The Balaban J connectivity index is 1.71. The Bertz CT molecular complexity index is 1040. The minimum Gasteiger partial charge on any atom is -0.495 e. The van der Waals surface area contributed by atoms with Crippen molar-refractivity contribution in [3.63, 3.8) is 0 Å². The summed E-state index contributed by atoms with van der Waals surface area (Å²) < 4.78 is 23.9. The molecule has 1 saturated heterocycles. The smallest absolute Gasteiger partial charge is 0.342 e. The third-order valence-electron chi connectivity index (χ3n) is 8.90. The lowest BCUT2D eigenvalue weighted by Crippen LogP contribution is -2.74. The normalized spacial score (nSPS) is 35.5. The highest BCUT2D eigenvalue weighted by Gasteiger charge is 2.71. The molecule has 5 rings (SSSR count). The predicted octanol–water partition coefficient (Wildman–Crippen LogP) is 3.63. The van der Waals surface area contributed by atoms with E-state index in [0.29, 0.717) is 43.4 Å². The molecule has 0 unspecified atom stereocenters. The average Bonchev–Trinajstić information content (AvgIpc) is 3.10. The van der Waals surface area contributed by atoms with Crippen LogP contribution in [0.1, 0.15) is 80.4 Å². The van der Waals surface area contributed by atoms with Gasteiger partial charge in [0.25, 0.3) is 0 Å². The molecule has 1 N–H and O–H groups in total. The van der Waals surface area contributed by atoms with Crippen molar-refractivity contribution in [3.8, 4) is 11.5 Å². The van der Waals surface area contributed by atoms with Gasteiger partial charge in [0, 0.05) is 28.9 Å². The van der Waals surface area contributed by atoms with Gasteiger partial charge in [-0.2, -0.15) is 0 Å². The molecule has 0 spiro atoms. The van der Waals surface area contributed by atoms with Crippen LogP contribution in [0.4, 0.5) is 0 Å². The van der Waals surface area contributed by atoms with E-state index in [4.69, 9.17) is 18.9 Å². The number of carbonyl (C=O) groups is 2. The Morgan fingerprint density at radius 3 is 2.47 bits per heavy atom. The van der Waals surface area contributed by atoms with Gasteiger partial charge >= 0.3 is 11.9 Å². The Hall–Kier alpha value is -2.28. The van der Waals surface area contributed by atoms with E-state index < -0.39 is 22.2 Å². The molecular weight excluding hydrogens is 412 g/mol. The monoisotopic (exact) mass is 444 g/mol. The van der Waals surface area contributed by atoms with Crippen LogP contribution in [0.5, 0.6) is 11.5 Å². The van der Waals surface area contributed by atoms with Crippen molar-refractivity contribution in [2.75, 3.05) is 7.11 Å². The fourth-order valence-corrected chi connectivity index (χ4v) is 7.22. The SMILES string of the molecule is COc1c2c(c(C)c3c1C(=O)OC3)O[C@]1(C)CC[C@]3(C(C)(C)O)OC(=O)CC[C@]3(C)[C@H]1C2. The summed E-state index contributed by atoms with van der Waals surface area (Å²) in [5.74, 6) is 0.591. The van der Waals surface area contributed by atoms with Crippen molar-refractivity contribution in [2.24, 2.45) is 11.3 Å². The minimum atomic E-state index is -1.22. The van der Waals surface area contributed by atoms with Gasteiger partial charge in [0.2, 0.25) is 0 Å². The van der Waals surface area contributed by atoms with E-state index in [1.807, 2.05) is 6.92 Å². The molecule has 1 aliphatic carbocycles. The molecule has 2 fully saturated rings. The van der Waals surface area contributed by atoms with Gasteiger partial charge in [-0.05, 0) is 58.9 Å². The van der Waals surface area contributed by atoms with Crippen LogP contribution >= 0.6 is 0 Å². The summed E-state index contributed by atoms with van der Waals surface area (Å²) in [4.78, 5) is 24.9. The van der Waals surface area contributed by atoms with Gasteiger partial charge in [-0.1, -0.05) is 6.92 Å². The quantitative estimate of drug-likeness (QED) is 0.697. The first-order valence-corrected chi connectivity index (χ1v) is 11.4. The molecular formula is C25H32O7. The molecule has 7 nitrogen and oxygen atoms in total. The maximum Gasteiger partial charge on any atom is 0.342 e. The Labute approximate surface area is 188 Å². The van der Waals surface area contributed by atoms with Crippen LogP contribution in [-0.2, 0) is 27.3 Å². The second-order valence-electron chi connectivity index (χ2n) is 10.8. The highest BCUT2D eigenvalue weighted by atomic mass is 16.6. The first-order valence-electron chi connectivity index (χ1n) is 11.4. The summed E-state index contributed by atoms with van der Waals surface area (Å²) >= 11 is 0. The van der Waals surface area contributed by atoms with Crippen LogP contribution in [0.15, 0.2) is 0 Å². The highest BCUT2D eigenvalue weighted by molar-refractivity contribution is 5.98. The molecule has 0 radical (unpaired) electrons. The van der Waals surface area contributed by atoms with Crippen molar-refractivity contribution in [1.82, 2.24) is 0 Å². The van der Waals surface area contributed by atoms with Crippen LogP contribution in [0.25, 0.3) is 0 Å². The number of esters is 2. The first kappa shape index (κ1) is 21.6. The van der Waals surface area contributed by atoms with Crippen LogP contribution in [0, 0.1) is 18.3 Å². The van der Waals surface area contributed by atoms with Gasteiger partial charge in [0.05, 0.1) is 12.7 Å². The maximum atomic E-state index is 12.5. The van der Waals surface area contributed by atoms with E-state index in [9.17, 15) is 14.7 Å². The standard InChI is InChI=1S/C25H32O7/c1-13-15-12-30-21(27)18(15)20(29-6)14-11-16-23(4)8-7-17(26)31-25(23,22(2,3)28)10-9-24(16,5)32-19(13)14/h16,28H,7-12H2,1-6H3/t16-,23-,24-,25-/m1/s1. The Morgan fingerprint density at radius 1 is 1.09 bits per heavy atom. The maximum absolute atomic E-state index is 12.5. The lowest BCUT2D eigenvalue weighted by Gasteiger charge is -2.66. The van der Waals surface area contributed by atoms with Crippen molar-refractivity contribution < 1.29 is 33.6 Å². The molecule has 7 heteroatoms. The Morgan fingerprint density at radius 2 is 1.81 bits per heavy atom. The number of fused-ring (bicyclic) bond motifs is 5. The van der Waals surface area contributed by atoms with Gasteiger partial charge < -0.3 is 24.1 Å². The summed E-state index contributed by atoms with van der Waals surface area (Å²) in [6, 6.07) is 0. The van der Waals surface area contributed by atoms with E-state index >= 15 is 0 Å². The van der Waals surface area contributed by atoms with Crippen LogP contribution in [0.2, 0.25) is 0 Å². The van der Waals surface area contributed by atoms with Crippen LogP contribution in [-0.4, -0.2) is 41.0 Å². The summed E-state index contributed by atoms with van der Waals surface area (Å²) in [6.45, 7) is 9.90. The minimum absolute atomic E-state index is 0.0560. The molecule has 0 aromatic heterocycles. The number of methoxy groups -OCH3 is 1. The molecule has 4 aliphatic rings. The van der Waals surface area contributed by atoms with Gasteiger partial charge in [-0.25, -0.2) is 4.79 Å². The van der Waals surface area contributed by atoms with E-state index in [1.165, 1.54) is 0 Å². The number of cyclic esters (lactones) is 1. The molecule has 174 valence electrons. The number of benzene rings is 1. The van der Waals surface area contributed by atoms with Gasteiger partial charge in [0.1, 0.15) is 34.9 Å². The lowest BCUT2D eigenvalue weighted by molar-refractivity contribution is -0.289. The molecule has 1 aromatic carbocycles. The van der Waals surface area contributed by atoms with Crippen molar-refractivity contribution in [1.29, 1.82) is 0 Å². The number of rotatable bonds is 2. The second kappa shape index (κ2) is 6.40. The zero-order chi connectivity index (χ0) is 23.3. The topological polar surface area (TPSA) is 91.3 Å². The van der Waals surface area contributed by atoms with Crippen LogP contribution < -0.4 is 9.47 Å². The van der Waals surface area contributed by atoms with Crippen molar-refractivity contribution >= 4 is 11.9 Å². The summed E-state index contributed by atoms with van der Waals surface area (Å²) in [7, 11) is 1.57. The molecule has 32 heavy (non-hydrogen) atoms.